The minimum Gasteiger partial charge on any atom is -0.387 e. The average Bonchev–Trinajstić information content (AvgIpc) is 2.38. The molecular weight excluding hydrogens is 236 g/mol. The van der Waals surface area contributed by atoms with E-state index in [-0.39, 0.29) is 0 Å². The van der Waals surface area contributed by atoms with E-state index < -0.39 is 5.60 Å². The minimum absolute atomic E-state index is 0.447. The quantitative estimate of drug-likeness (QED) is 0.913. The molecule has 2 aromatic rings. The molecule has 19 heavy (non-hydrogen) atoms. The van der Waals surface area contributed by atoms with Crippen LogP contribution in [-0.2, 0) is 6.54 Å². The molecule has 3 heteroatoms. The second-order valence-corrected chi connectivity index (χ2v) is 5.61. The standard InChI is InChI=1S/C16H20N2O/c1-2-8-16(19)11-18(12-16)10-13-7-9-17-15-6-4-3-5-14(13)15/h3-7,9,19H,2,8,10-12H2,1H3. The number of benzene rings is 1. The van der Waals surface area contributed by atoms with Crippen LogP contribution in [-0.4, -0.2) is 33.7 Å². The summed E-state index contributed by atoms with van der Waals surface area (Å²) in [5.41, 5.74) is 1.89. The second-order valence-electron chi connectivity index (χ2n) is 5.61. The van der Waals surface area contributed by atoms with E-state index in [0.717, 1.165) is 38.0 Å². The lowest BCUT2D eigenvalue weighted by molar-refractivity contribution is -0.106. The summed E-state index contributed by atoms with van der Waals surface area (Å²) in [6.07, 6.45) is 3.82. The van der Waals surface area contributed by atoms with Gasteiger partial charge in [0.15, 0.2) is 0 Å². The van der Waals surface area contributed by atoms with Crippen molar-refractivity contribution in [3.63, 3.8) is 0 Å². The molecule has 1 aromatic heterocycles. The molecule has 1 aliphatic rings. The van der Waals surface area contributed by atoms with Gasteiger partial charge in [-0.15, -0.1) is 0 Å². The van der Waals surface area contributed by atoms with Crippen molar-refractivity contribution in [3.05, 3.63) is 42.1 Å². The van der Waals surface area contributed by atoms with Crippen molar-refractivity contribution in [1.82, 2.24) is 9.88 Å². The molecule has 0 unspecified atom stereocenters. The fraction of sp³-hybridized carbons (Fsp3) is 0.438. The summed E-state index contributed by atoms with van der Waals surface area (Å²) in [6, 6.07) is 10.3. The van der Waals surface area contributed by atoms with Crippen molar-refractivity contribution < 1.29 is 5.11 Å². The molecule has 0 atom stereocenters. The van der Waals surface area contributed by atoms with E-state index in [4.69, 9.17) is 0 Å². The summed E-state index contributed by atoms with van der Waals surface area (Å²) in [5, 5.41) is 11.4. The zero-order valence-corrected chi connectivity index (χ0v) is 11.3. The van der Waals surface area contributed by atoms with E-state index in [1.807, 2.05) is 18.3 Å². The van der Waals surface area contributed by atoms with Crippen LogP contribution < -0.4 is 0 Å². The summed E-state index contributed by atoms with van der Waals surface area (Å²) in [4.78, 5) is 6.69. The summed E-state index contributed by atoms with van der Waals surface area (Å²) in [7, 11) is 0. The number of β-amino-alcohol motifs (C(OH)–C–C–N with tert-alkyl or cyclic N) is 1. The molecule has 0 amide bonds. The van der Waals surface area contributed by atoms with Gasteiger partial charge in [-0.25, -0.2) is 0 Å². The van der Waals surface area contributed by atoms with Crippen molar-refractivity contribution in [2.75, 3.05) is 13.1 Å². The van der Waals surface area contributed by atoms with Crippen LogP contribution >= 0.6 is 0 Å². The molecule has 2 heterocycles. The largest absolute Gasteiger partial charge is 0.387 e. The van der Waals surface area contributed by atoms with Crippen LogP contribution in [0.2, 0.25) is 0 Å². The van der Waals surface area contributed by atoms with Crippen LogP contribution in [0.1, 0.15) is 25.3 Å². The maximum atomic E-state index is 10.2. The molecule has 1 fully saturated rings. The Morgan fingerprint density at radius 2 is 2.05 bits per heavy atom. The normalized spacial score (nSPS) is 18.4. The fourth-order valence-corrected chi connectivity index (χ4v) is 3.06. The Balaban J connectivity index is 1.74. The van der Waals surface area contributed by atoms with Gasteiger partial charge in [0.05, 0.1) is 11.1 Å². The number of aromatic nitrogens is 1. The minimum atomic E-state index is -0.447. The molecule has 0 radical (unpaired) electrons. The number of likely N-dealkylation sites (tertiary alicyclic amines) is 1. The fourth-order valence-electron chi connectivity index (χ4n) is 3.06. The van der Waals surface area contributed by atoms with E-state index in [0.29, 0.717) is 0 Å². The third-order valence-corrected chi connectivity index (χ3v) is 3.88. The zero-order valence-electron chi connectivity index (χ0n) is 11.3. The van der Waals surface area contributed by atoms with Gasteiger partial charge in [0, 0.05) is 31.2 Å². The van der Waals surface area contributed by atoms with Gasteiger partial charge in [-0.05, 0) is 24.1 Å². The molecule has 1 N–H and O–H groups in total. The third kappa shape index (κ3) is 2.48. The molecule has 1 aromatic carbocycles. The Labute approximate surface area is 113 Å². The zero-order chi connectivity index (χ0) is 13.3. The Hall–Kier alpha value is -1.45. The van der Waals surface area contributed by atoms with Gasteiger partial charge >= 0.3 is 0 Å². The predicted molar refractivity (Wildman–Crippen MR) is 76.9 cm³/mol. The summed E-state index contributed by atoms with van der Waals surface area (Å²) in [5.74, 6) is 0. The maximum Gasteiger partial charge on any atom is 0.0900 e. The average molecular weight is 256 g/mol. The topological polar surface area (TPSA) is 36.4 Å². The molecule has 3 nitrogen and oxygen atoms in total. The first kappa shape index (κ1) is 12.6. The molecular formula is C16H20N2O. The first-order valence-corrected chi connectivity index (χ1v) is 6.97. The predicted octanol–water partition coefficient (Wildman–Crippen LogP) is 2.58. The van der Waals surface area contributed by atoms with E-state index in [9.17, 15) is 5.11 Å². The van der Waals surface area contributed by atoms with Gasteiger partial charge in [0.2, 0.25) is 0 Å². The summed E-state index contributed by atoms with van der Waals surface area (Å²) < 4.78 is 0. The Bertz CT molecular complexity index is 570. The summed E-state index contributed by atoms with van der Waals surface area (Å²) in [6.45, 7) is 4.60. The van der Waals surface area contributed by atoms with E-state index in [1.165, 1.54) is 10.9 Å². The highest BCUT2D eigenvalue weighted by Crippen LogP contribution is 2.28. The van der Waals surface area contributed by atoms with Crippen LogP contribution in [0.3, 0.4) is 0 Å². The highest BCUT2D eigenvalue weighted by atomic mass is 16.3. The molecule has 0 aliphatic carbocycles. The number of pyridine rings is 1. The Morgan fingerprint density at radius 3 is 2.84 bits per heavy atom. The first-order valence-electron chi connectivity index (χ1n) is 6.97. The van der Waals surface area contributed by atoms with Crippen LogP contribution in [0.25, 0.3) is 10.9 Å². The molecule has 0 spiro atoms. The van der Waals surface area contributed by atoms with Crippen molar-refractivity contribution in [2.24, 2.45) is 0 Å². The number of aliphatic hydroxyl groups is 1. The lowest BCUT2D eigenvalue weighted by atomic mass is 9.89. The van der Waals surface area contributed by atoms with Gasteiger partial charge in [0.25, 0.3) is 0 Å². The monoisotopic (exact) mass is 256 g/mol. The lowest BCUT2D eigenvalue weighted by Gasteiger charge is -2.46. The lowest BCUT2D eigenvalue weighted by Crippen LogP contribution is -2.60. The molecule has 0 bridgehead atoms. The second kappa shape index (κ2) is 4.91. The SMILES string of the molecule is CCCC1(O)CN(Cc2ccnc3ccccc23)C1. The van der Waals surface area contributed by atoms with Crippen LogP contribution in [0.4, 0.5) is 0 Å². The number of para-hydroxylation sites is 1. The molecule has 1 saturated heterocycles. The van der Waals surface area contributed by atoms with Crippen molar-refractivity contribution in [2.45, 2.75) is 31.9 Å². The van der Waals surface area contributed by atoms with Gasteiger partial charge in [-0.1, -0.05) is 31.5 Å². The molecule has 0 saturated carbocycles. The number of hydrogen-bond donors (Lipinski definition) is 1. The van der Waals surface area contributed by atoms with Crippen molar-refractivity contribution in [3.8, 4) is 0 Å². The Morgan fingerprint density at radius 1 is 1.26 bits per heavy atom. The smallest absolute Gasteiger partial charge is 0.0900 e. The van der Waals surface area contributed by atoms with E-state index in [1.54, 1.807) is 0 Å². The van der Waals surface area contributed by atoms with Crippen LogP contribution in [0, 0.1) is 0 Å². The van der Waals surface area contributed by atoms with Crippen LogP contribution in [0.15, 0.2) is 36.5 Å². The van der Waals surface area contributed by atoms with Gasteiger partial charge in [0.1, 0.15) is 0 Å². The van der Waals surface area contributed by atoms with E-state index >= 15 is 0 Å². The number of hydrogen-bond acceptors (Lipinski definition) is 3. The van der Waals surface area contributed by atoms with Gasteiger partial charge in [-0.3, -0.25) is 9.88 Å². The summed E-state index contributed by atoms with van der Waals surface area (Å²) >= 11 is 0. The van der Waals surface area contributed by atoms with Crippen LogP contribution in [0.5, 0.6) is 0 Å². The molecule has 100 valence electrons. The maximum absolute atomic E-state index is 10.2. The van der Waals surface area contributed by atoms with Gasteiger partial charge < -0.3 is 5.11 Å². The van der Waals surface area contributed by atoms with Gasteiger partial charge in [-0.2, -0.15) is 0 Å². The highest BCUT2D eigenvalue weighted by Gasteiger charge is 2.39. The molecule has 1 aliphatic heterocycles. The van der Waals surface area contributed by atoms with E-state index in [2.05, 4.69) is 35.0 Å². The number of nitrogens with zero attached hydrogens (tertiary/aromatic N) is 2. The Kier molecular flexibility index (Phi) is 3.25. The number of rotatable bonds is 4. The van der Waals surface area contributed by atoms with Crippen molar-refractivity contribution >= 4 is 10.9 Å². The first-order chi connectivity index (χ1) is 9.20. The number of fused-ring (bicyclic) bond motifs is 1. The highest BCUT2D eigenvalue weighted by molar-refractivity contribution is 5.81. The van der Waals surface area contributed by atoms with Crippen molar-refractivity contribution in [1.29, 1.82) is 0 Å². The molecule has 3 rings (SSSR count). The third-order valence-electron chi connectivity index (χ3n) is 3.88.